The third-order valence-corrected chi connectivity index (χ3v) is 6.62. The summed E-state index contributed by atoms with van der Waals surface area (Å²) in [6.45, 7) is 6.52. The lowest BCUT2D eigenvalue weighted by Gasteiger charge is -2.25. The standard InChI is InChI=1S/C33H37N3O4/c1-24-8-5-10-26(18-24)22-39-31-14-4-3-12-28(31)20-36(17-15-30(34)33(37)38)21-29-13-7-16-35-32(29)40-23-27-11-6-9-25(2)19-27/h3-14,16,18-19,30H,15,17,20-23,34H2,1-2H3,(H,37,38)/t30-/m0/s1. The molecule has 1 atom stereocenters. The fraction of sp³-hybridized carbons (Fsp3) is 0.273. The molecule has 4 aromatic rings. The maximum Gasteiger partial charge on any atom is 0.320 e. The van der Waals surface area contributed by atoms with Gasteiger partial charge in [-0.15, -0.1) is 0 Å². The molecule has 0 spiro atoms. The van der Waals surface area contributed by atoms with Crippen LogP contribution in [-0.2, 0) is 31.1 Å². The number of ether oxygens (including phenoxy) is 2. The van der Waals surface area contributed by atoms with E-state index in [1.807, 2.05) is 54.6 Å². The van der Waals surface area contributed by atoms with E-state index in [-0.39, 0.29) is 0 Å². The van der Waals surface area contributed by atoms with Gasteiger partial charge in [0, 0.05) is 37.0 Å². The Morgan fingerprint density at radius 3 is 2.15 bits per heavy atom. The fourth-order valence-electron chi connectivity index (χ4n) is 4.51. The first kappa shape index (κ1) is 28.8. The average molecular weight is 540 g/mol. The molecule has 0 fully saturated rings. The summed E-state index contributed by atoms with van der Waals surface area (Å²) in [5.74, 6) is 0.338. The molecule has 1 heterocycles. The van der Waals surface area contributed by atoms with Gasteiger partial charge in [-0.1, -0.05) is 83.9 Å². The predicted octanol–water partition coefficient (Wildman–Crippen LogP) is 5.66. The molecule has 4 rings (SSSR count). The van der Waals surface area contributed by atoms with Gasteiger partial charge < -0.3 is 20.3 Å². The molecule has 1 aromatic heterocycles. The first-order valence-corrected chi connectivity index (χ1v) is 13.5. The number of benzene rings is 3. The number of pyridine rings is 1. The van der Waals surface area contributed by atoms with E-state index in [1.54, 1.807) is 6.20 Å². The van der Waals surface area contributed by atoms with Crippen LogP contribution in [-0.4, -0.2) is 33.5 Å². The minimum Gasteiger partial charge on any atom is -0.489 e. The molecule has 0 amide bonds. The van der Waals surface area contributed by atoms with Gasteiger partial charge in [-0.2, -0.15) is 0 Å². The van der Waals surface area contributed by atoms with Gasteiger partial charge in [-0.05, 0) is 43.5 Å². The van der Waals surface area contributed by atoms with Crippen LogP contribution in [0.15, 0.2) is 91.1 Å². The van der Waals surface area contributed by atoms with Gasteiger partial charge in [0.15, 0.2) is 0 Å². The molecule has 0 saturated carbocycles. The zero-order valence-electron chi connectivity index (χ0n) is 23.1. The van der Waals surface area contributed by atoms with Crippen LogP contribution in [0.1, 0.15) is 39.8 Å². The zero-order valence-corrected chi connectivity index (χ0v) is 23.1. The highest BCUT2D eigenvalue weighted by Crippen LogP contribution is 2.25. The molecule has 40 heavy (non-hydrogen) atoms. The van der Waals surface area contributed by atoms with E-state index >= 15 is 0 Å². The summed E-state index contributed by atoms with van der Waals surface area (Å²) in [7, 11) is 0. The summed E-state index contributed by atoms with van der Waals surface area (Å²) in [4.78, 5) is 18.1. The predicted molar refractivity (Wildman–Crippen MR) is 156 cm³/mol. The molecule has 7 nitrogen and oxygen atoms in total. The molecular formula is C33H37N3O4. The number of carboxylic acid groups (broad SMARTS) is 1. The van der Waals surface area contributed by atoms with Crippen molar-refractivity contribution in [1.29, 1.82) is 0 Å². The van der Waals surface area contributed by atoms with E-state index in [0.29, 0.717) is 45.1 Å². The Kier molecular flexibility index (Phi) is 10.3. The number of nitrogens with two attached hydrogens (primary N) is 1. The smallest absolute Gasteiger partial charge is 0.320 e. The molecule has 3 N–H and O–H groups in total. The Morgan fingerprint density at radius 2 is 1.48 bits per heavy atom. The zero-order chi connectivity index (χ0) is 28.3. The normalized spacial score (nSPS) is 11.8. The van der Waals surface area contributed by atoms with Gasteiger partial charge in [0.2, 0.25) is 5.88 Å². The second-order valence-electron chi connectivity index (χ2n) is 10.1. The molecule has 0 aliphatic heterocycles. The molecule has 0 aliphatic carbocycles. The highest BCUT2D eigenvalue weighted by atomic mass is 16.5. The van der Waals surface area contributed by atoms with Crippen LogP contribution in [0.3, 0.4) is 0 Å². The Morgan fingerprint density at radius 1 is 0.850 bits per heavy atom. The number of aromatic nitrogens is 1. The molecule has 0 saturated heterocycles. The Balaban J connectivity index is 1.51. The number of carbonyl (C=O) groups is 1. The van der Waals surface area contributed by atoms with Crippen molar-refractivity contribution < 1.29 is 19.4 Å². The quantitative estimate of drug-likeness (QED) is 0.213. The lowest BCUT2D eigenvalue weighted by Crippen LogP contribution is -2.35. The first-order chi connectivity index (χ1) is 19.4. The van der Waals surface area contributed by atoms with Gasteiger partial charge in [-0.25, -0.2) is 4.98 Å². The summed E-state index contributed by atoms with van der Waals surface area (Å²) in [5, 5.41) is 9.36. The minimum absolute atomic E-state index is 0.307. The number of nitrogens with zero attached hydrogens (tertiary/aromatic N) is 2. The summed E-state index contributed by atoms with van der Waals surface area (Å²) in [6, 6.07) is 27.3. The van der Waals surface area contributed by atoms with Crippen LogP contribution in [0.5, 0.6) is 11.6 Å². The van der Waals surface area contributed by atoms with Gasteiger partial charge in [0.05, 0.1) is 0 Å². The number of hydrogen-bond acceptors (Lipinski definition) is 6. The Bertz CT molecular complexity index is 1310. The van der Waals surface area contributed by atoms with Crippen LogP contribution in [0, 0.1) is 13.8 Å². The Hall–Kier alpha value is -4.20. The largest absolute Gasteiger partial charge is 0.489 e. The van der Waals surface area contributed by atoms with Gasteiger partial charge in [0.25, 0.3) is 0 Å². The van der Waals surface area contributed by atoms with Gasteiger partial charge in [-0.3, -0.25) is 9.69 Å². The maximum absolute atomic E-state index is 11.4. The number of rotatable bonds is 14. The van der Waals surface area contributed by atoms with Crippen molar-refractivity contribution >= 4 is 5.97 Å². The number of para-hydroxylation sites is 1. The molecule has 0 bridgehead atoms. The van der Waals surface area contributed by atoms with Crippen LogP contribution in [0.2, 0.25) is 0 Å². The van der Waals surface area contributed by atoms with Crippen molar-refractivity contribution in [2.24, 2.45) is 5.73 Å². The summed E-state index contributed by atoms with van der Waals surface area (Å²) < 4.78 is 12.4. The second-order valence-corrected chi connectivity index (χ2v) is 10.1. The fourth-order valence-corrected chi connectivity index (χ4v) is 4.51. The second kappa shape index (κ2) is 14.3. The third kappa shape index (κ3) is 8.66. The lowest BCUT2D eigenvalue weighted by atomic mass is 10.1. The van der Waals surface area contributed by atoms with E-state index in [0.717, 1.165) is 28.0 Å². The van der Waals surface area contributed by atoms with Gasteiger partial charge in [0.1, 0.15) is 25.0 Å². The molecule has 7 heteroatoms. The van der Waals surface area contributed by atoms with E-state index < -0.39 is 12.0 Å². The molecule has 0 unspecified atom stereocenters. The topological polar surface area (TPSA) is 97.9 Å². The lowest BCUT2D eigenvalue weighted by molar-refractivity contribution is -0.138. The Labute approximate surface area is 236 Å². The summed E-state index contributed by atoms with van der Waals surface area (Å²) >= 11 is 0. The number of aryl methyl sites for hydroxylation is 2. The van der Waals surface area contributed by atoms with Crippen LogP contribution < -0.4 is 15.2 Å². The molecular weight excluding hydrogens is 502 g/mol. The molecule has 208 valence electrons. The van der Waals surface area contributed by atoms with Crippen LogP contribution in [0.4, 0.5) is 0 Å². The highest BCUT2D eigenvalue weighted by molar-refractivity contribution is 5.73. The average Bonchev–Trinajstić information content (AvgIpc) is 2.95. The van der Waals surface area contributed by atoms with Crippen molar-refractivity contribution in [3.63, 3.8) is 0 Å². The van der Waals surface area contributed by atoms with Crippen LogP contribution >= 0.6 is 0 Å². The highest BCUT2D eigenvalue weighted by Gasteiger charge is 2.18. The molecule has 0 radical (unpaired) electrons. The molecule has 0 aliphatic rings. The third-order valence-electron chi connectivity index (χ3n) is 6.62. The van der Waals surface area contributed by atoms with E-state index in [9.17, 15) is 9.90 Å². The SMILES string of the molecule is Cc1cccc(COc2ccccc2CN(CC[C@H](N)C(=O)O)Cc2cccnc2OCc2cccc(C)c2)c1. The summed E-state index contributed by atoms with van der Waals surface area (Å²) in [5.41, 5.74) is 12.3. The summed E-state index contributed by atoms with van der Waals surface area (Å²) in [6.07, 6.45) is 2.02. The van der Waals surface area contributed by atoms with Crippen molar-refractivity contribution in [1.82, 2.24) is 9.88 Å². The van der Waals surface area contributed by atoms with Crippen LogP contribution in [0.25, 0.3) is 0 Å². The number of aliphatic carboxylic acids is 1. The number of carboxylic acids is 1. The van der Waals surface area contributed by atoms with Gasteiger partial charge >= 0.3 is 5.97 Å². The van der Waals surface area contributed by atoms with E-state index in [1.165, 1.54) is 11.1 Å². The first-order valence-electron chi connectivity index (χ1n) is 13.5. The van der Waals surface area contributed by atoms with Crippen molar-refractivity contribution in [3.8, 4) is 11.6 Å². The van der Waals surface area contributed by atoms with E-state index in [4.69, 9.17) is 15.2 Å². The molecule has 3 aromatic carbocycles. The van der Waals surface area contributed by atoms with Crippen molar-refractivity contribution in [3.05, 3.63) is 125 Å². The maximum atomic E-state index is 11.4. The minimum atomic E-state index is -1.01. The van der Waals surface area contributed by atoms with Crippen molar-refractivity contribution in [2.75, 3.05) is 6.54 Å². The van der Waals surface area contributed by atoms with E-state index in [2.05, 4.69) is 54.1 Å². The monoisotopic (exact) mass is 539 g/mol. The number of hydrogen-bond donors (Lipinski definition) is 2. The van der Waals surface area contributed by atoms with Crippen molar-refractivity contribution in [2.45, 2.75) is 52.6 Å².